The molecule has 0 N–H and O–H groups in total. The van der Waals surface area contributed by atoms with E-state index in [-0.39, 0.29) is 18.6 Å². The summed E-state index contributed by atoms with van der Waals surface area (Å²) < 4.78 is 9.89. The predicted octanol–water partition coefficient (Wildman–Crippen LogP) is 2.95. The number of ketones is 1. The first-order valence-corrected chi connectivity index (χ1v) is 8.83. The van der Waals surface area contributed by atoms with E-state index in [1.54, 1.807) is 0 Å². The van der Waals surface area contributed by atoms with E-state index >= 15 is 0 Å². The van der Waals surface area contributed by atoms with Crippen molar-refractivity contribution in [2.45, 2.75) is 26.7 Å². The average molecular weight is 364 g/mol. The fourth-order valence-electron chi connectivity index (χ4n) is 4.69. The normalized spacial score (nSPS) is 15.8. The van der Waals surface area contributed by atoms with Crippen LogP contribution < -0.4 is 0 Å². The maximum absolute atomic E-state index is 13.0. The molecule has 2 aromatic rings. The number of hydrogen-bond donors (Lipinski definition) is 0. The molecule has 0 fully saturated rings. The Morgan fingerprint density at radius 2 is 1.33 bits per heavy atom. The van der Waals surface area contributed by atoms with E-state index in [0.29, 0.717) is 11.1 Å². The quantitative estimate of drug-likeness (QED) is 0.516. The number of ether oxygens (including phenoxy) is 2. The van der Waals surface area contributed by atoms with Crippen LogP contribution in [-0.2, 0) is 31.9 Å². The van der Waals surface area contributed by atoms with E-state index in [0.717, 1.165) is 33.4 Å². The van der Waals surface area contributed by atoms with Crippen molar-refractivity contribution >= 4 is 17.7 Å². The van der Waals surface area contributed by atoms with Crippen LogP contribution >= 0.6 is 0 Å². The van der Waals surface area contributed by atoms with Gasteiger partial charge < -0.3 is 9.47 Å². The maximum Gasteiger partial charge on any atom is 0.323 e. The number of esters is 2. The molecule has 0 saturated heterocycles. The van der Waals surface area contributed by atoms with Gasteiger partial charge in [-0.15, -0.1) is 0 Å². The summed E-state index contributed by atoms with van der Waals surface area (Å²) in [5.74, 6) is -1.20. The van der Waals surface area contributed by atoms with Crippen LogP contribution in [0.15, 0.2) is 24.3 Å². The molecule has 0 spiro atoms. The first-order valence-electron chi connectivity index (χ1n) is 8.83. The van der Waals surface area contributed by atoms with Gasteiger partial charge in [0.1, 0.15) is 0 Å². The molecule has 0 saturated carbocycles. The molecule has 5 nitrogen and oxygen atoms in total. The molecule has 0 aromatic heterocycles. The fraction of sp³-hybridized carbons (Fsp3) is 0.318. The summed E-state index contributed by atoms with van der Waals surface area (Å²) in [7, 11) is 2.55. The van der Waals surface area contributed by atoms with E-state index in [4.69, 9.17) is 9.47 Å². The van der Waals surface area contributed by atoms with Crippen molar-refractivity contribution < 1.29 is 23.9 Å². The molecule has 0 bridgehead atoms. The maximum atomic E-state index is 13.0. The number of benzene rings is 2. The highest BCUT2D eigenvalue weighted by atomic mass is 16.5. The third-order valence-electron chi connectivity index (χ3n) is 6.05. The van der Waals surface area contributed by atoms with Crippen LogP contribution in [0.4, 0.5) is 0 Å². The van der Waals surface area contributed by atoms with Crippen LogP contribution in [0.3, 0.4) is 0 Å². The van der Waals surface area contributed by atoms with E-state index in [9.17, 15) is 14.4 Å². The molecule has 138 valence electrons. The highest BCUT2D eigenvalue weighted by Crippen LogP contribution is 2.49. The lowest BCUT2D eigenvalue weighted by molar-refractivity contribution is -0.168. The number of hydrogen-bond acceptors (Lipinski definition) is 5. The monoisotopic (exact) mass is 364 g/mol. The Bertz CT molecular complexity index is 1020. The Morgan fingerprint density at radius 3 is 1.85 bits per heavy atom. The number of fused-ring (bicyclic) bond motifs is 4. The summed E-state index contributed by atoms with van der Waals surface area (Å²) in [5, 5.41) is 0. The van der Waals surface area contributed by atoms with Crippen LogP contribution in [0, 0.1) is 19.3 Å². The van der Waals surface area contributed by atoms with Gasteiger partial charge in [-0.25, -0.2) is 0 Å². The third kappa shape index (κ3) is 2.08. The molecular weight excluding hydrogens is 344 g/mol. The van der Waals surface area contributed by atoms with Gasteiger partial charge in [0, 0.05) is 24.0 Å². The standard InChI is InChI=1S/C22H20O5/c1-11-15-9-22(20(24)26-3,21(25)27-4)10-16(15)12(2)18-17(11)13-7-5-6-8-14(13)19(18)23/h5-8H,9-10H2,1-4H3. The Kier molecular flexibility index (Phi) is 3.74. The summed E-state index contributed by atoms with van der Waals surface area (Å²) in [5.41, 5.74) is 5.41. The van der Waals surface area contributed by atoms with E-state index in [1.807, 2.05) is 38.1 Å². The van der Waals surface area contributed by atoms with Gasteiger partial charge in [0.15, 0.2) is 11.2 Å². The van der Waals surface area contributed by atoms with Gasteiger partial charge in [0.25, 0.3) is 0 Å². The van der Waals surface area contributed by atoms with E-state index in [2.05, 4.69) is 0 Å². The van der Waals surface area contributed by atoms with Crippen molar-refractivity contribution in [1.82, 2.24) is 0 Å². The van der Waals surface area contributed by atoms with Gasteiger partial charge in [-0.2, -0.15) is 0 Å². The highest BCUT2D eigenvalue weighted by molar-refractivity contribution is 6.23. The lowest BCUT2D eigenvalue weighted by Gasteiger charge is -2.22. The summed E-state index contributed by atoms with van der Waals surface area (Å²) in [4.78, 5) is 38.1. The van der Waals surface area contributed by atoms with Crippen molar-refractivity contribution in [1.29, 1.82) is 0 Å². The first kappa shape index (κ1) is 17.5. The molecule has 2 aliphatic carbocycles. The molecule has 0 atom stereocenters. The molecule has 0 heterocycles. The van der Waals surface area contributed by atoms with Crippen LogP contribution in [0.25, 0.3) is 11.1 Å². The van der Waals surface area contributed by atoms with Crippen LogP contribution in [0.2, 0.25) is 0 Å². The molecule has 0 unspecified atom stereocenters. The van der Waals surface area contributed by atoms with Crippen molar-refractivity contribution in [2.24, 2.45) is 5.41 Å². The van der Waals surface area contributed by atoms with E-state index < -0.39 is 17.4 Å². The fourth-order valence-corrected chi connectivity index (χ4v) is 4.69. The second-order valence-electron chi connectivity index (χ2n) is 7.25. The summed E-state index contributed by atoms with van der Waals surface area (Å²) >= 11 is 0. The number of methoxy groups -OCH3 is 2. The van der Waals surface area contributed by atoms with Gasteiger partial charge in [-0.1, -0.05) is 24.3 Å². The van der Waals surface area contributed by atoms with Gasteiger partial charge in [0.2, 0.25) is 0 Å². The third-order valence-corrected chi connectivity index (χ3v) is 6.05. The van der Waals surface area contributed by atoms with Gasteiger partial charge in [-0.3, -0.25) is 14.4 Å². The number of carbonyl (C=O) groups excluding carboxylic acids is 3. The Morgan fingerprint density at radius 1 is 0.852 bits per heavy atom. The Balaban J connectivity index is 1.97. The van der Waals surface area contributed by atoms with Crippen LogP contribution in [0.5, 0.6) is 0 Å². The first-order chi connectivity index (χ1) is 12.9. The summed E-state index contributed by atoms with van der Waals surface area (Å²) in [6.45, 7) is 3.85. The molecule has 0 radical (unpaired) electrons. The molecule has 4 rings (SSSR count). The largest absolute Gasteiger partial charge is 0.468 e. The van der Waals surface area contributed by atoms with Gasteiger partial charge in [0.05, 0.1) is 14.2 Å². The predicted molar refractivity (Wildman–Crippen MR) is 98.7 cm³/mol. The highest BCUT2D eigenvalue weighted by Gasteiger charge is 2.54. The smallest absolute Gasteiger partial charge is 0.323 e. The van der Waals surface area contributed by atoms with Crippen molar-refractivity contribution in [3.8, 4) is 11.1 Å². The number of rotatable bonds is 2. The minimum absolute atomic E-state index is 0.00219. The molecule has 2 aromatic carbocycles. The molecular formula is C22H20O5. The second kappa shape index (κ2) is 5.78. The Labute approximate surface area is 157 Å². The SMILES string of the molecule is COC(=O)C1(C(=O)OC)Cc2c(C)c3c(c(C)c2C1)-c1ccccc1C3=O. The lowest BCUT2D eigenvalue weighted by atomic mass is 9.84. The van der Waals surface area contributed by atoms with Gasteiger partial charge >= 0.3 is 11.9 Å². The van der Waals surface area contributed by atoms with Crippen molar-refractivity contribution in [3.63, 3.8) is 0 Å². The molecule has 27 heavy (non-hydrogen) atoms. The minimum Gasteiger partial charge on any atom is -0.468 e. The van der Waals surface area contributed by atoms with E-state index in [1.165, 1.54) is 14.2 Å². The zero-order valence-electron chi connectivity index (χ0n) is 15.8. The minimum atomic E-state index is -1.39. The van der Waals surface area contributed by atoms with Crippen LogP contribution in [0.1, 0.15) is 38.2 Å². The molecule has 2 aliphatic rings. The molecule has 5 heteroatoms. The molecule has 0 aliphatic heterocycles. The second-order valence-corrected chi connectivity index (χ2v) is 7.25. The molecule has 0 amide bonds. The zero-order chi connectivity index (χ0) is 19.5. The van der Waals surface area contributed by atoms with Crippen molar-refractivity contribution in [3.05, 3.63) is 57.6 Å². The lowest BCUT2D eigenvalue weighted by Crippen LogP contribution is -2.42. The Hall–Kier alpha value is -2.95. The topological polar surface area (TPSA) is 69.7 Å². The average Bonchev–Trinajstić information content (AvgIpc) is 3.24. The summed E-state index contributed by atoms with van der Waals surface area (Å²) in [6, 6.07) is 7.56. The van der Waals surface area contributed by atoms with Gasteiger partial charge in [-0.05, 0) is 47.2 Å². The zero-order valence-corrected chi connectivity index (χ0v) is 15.8. The summed E-state index contributed by atoms with van der Waals surface area (Å²) in [6.07, 6.45) is 0.406. The number of carbonyl (C=O) groups is 3. The van der Waals surface area contributed by atoms with Crippen molar-refractivity contribution in [2.75, 3.05) is 14.2 Å². The van der Waals surface area contributed by atoms with Crippen LogP contribution in [-0.4, -0.2) is 31.9 Å².